The lowest BCUT2D eigenvalue weighted by atomic mass is 10.1. The van der Waals surface area contributed by atoms with Crippen LogP contribution < -0.4 is 5.32 Å². The minimum absolute atomic E-state index is 0.780. The third-order valence-corrected chi connectivity index (χ3v) is 4.50. The molecule has 0 saturated heterocycles. The van der Waals surface area contributed by atoms with Gasteiger partial charge in [0.25, 0.3) is 0 Å². The summed E-state index contributed by atoms with van der Waals surface area (Å²) in [5.41, 5.74) is 2.51. The second-order valence-electron chi connectivity index (χ2n) is 4.90. The van der Waals surface area contributed by atoms with E-state index in [0.29, 0.717) is 0 Å². The first kappa shape index (κ1) is 12.8. The summed E-state index contributed by atoms with van der Waals surface area (Å²) in [6.07, 6.45) is 3.21. The molecule has 0 aromatic carbocycles. The quantitative estimate of drug-likeness (QED) is 0.889. The molecule has 19 heavy (non-hydrogen) atoms. The van der Waals surface area contributed by atoms with E-state index >= 15 is 0 Å². The largest absolute Gasteiger partial charge is 0.314 e. The van der Waals surface area contributed by atoms with Crippen LogP contribution >= 0.6 is 11.3 Å². The molecular weight excluding hydrogens is 258 g/mol. The van der Waals surface area contributed by atoms with Gasteiger partial charge in [-0.1, -0.05) is 5.21 Å². The zero-order valence-electron chi connectivity index (χ0n) is 11.2. The Kier molecular flexibility index (Phi) is 3.91. The van der Waals surface area contributed by atoms with E-state index in [-0.39, 0.29) is 0 Å². The van der Waals surface area contributed by atoms with Gasteiger partial charge in [0, 0.05) is 37.3 Å². The van der Waals surface area contributed by atoms with Gasteiger partial charge in [-0.3, -0.25) is 9.58 Å². The number of hydrogen-bond donors (Lipinski definition) is 1. The Bertz CT molecular complexity index is 533. The van der Waals surface area contributed by atoms with Gasteiger partial charge >= 0.3 is 0 Å². The molecule has 5 nitrogen and oxygen atoms in total. The Morgan fingerprint density at radius 1 is 1.42 bits per heavy atom. The van der Waals surface area contributed by atoms with Crippen molar-refractivity contribution in [2.24, 2.45) is 0 Å². The van der Waals surface area contributed by atoms with E-state index in [4.69, 9.17) is 0 Å². The summed E-state index contributed by atoms with van der Waals surface area (Å²) >= 11 is 1.89. The first-order valence-electron chi connectivity index (χ1n) is 6.66. The molecule has 2 aromatic rings. The Balaban J connectivity index is 1.52. The number of fused-ring (bicyclic) bond motifs is 1. The molecule has 0 spiro atoms. The maximum Gasteiger partial charge on any atom is 0.0964 e. The summed E-state index contributed by atoms with van der Waals surface area (Å²) in [7, 11) is 1.92. The van der Waals surface area contributed by atoms with E-state index in [2.05, 4.69) is 32.0 Å². The molecule has 0 bridgehead atoms. The minimum atomic E-state index is 0.780. The van der Waals surface area contributed by atoms with Crippen LogP contribution in [0.3, 0.4) is 0 Å². The first-order chi connectivity index (χ1) is 9.35. The first-order valence-corrected chi connectivity index (χ1v) is 7.54. The lowest BCUT2D eigenvalue weighted by Gasteiger charge is -2.26. The summed E-state index contributed by atoms with van der Waals surface area (Å²) in [5.74, 6) is 0. The monoisotopic (exact) mass is 277 g/mol. The van der Waals surface area contributed by atoms with Crippen molar-refractivity contribution in [2.45, 2.75) is 26.1 Å². The second kappa shape index (κ2) is 5.81. The van der Waals surface area contributed by atoms with E-state index in [1.807, 2.05) is 29.3 Å². The van der Waals surface area contributed by atoms with Crippen LogP contribution in [0.4, 0.5) is 0 Å². The average Bonchev–Trinajstić information content (AvgIpc) is 3.04. The lowest BCUT2D eigenvalue weighted by Crippen LogP contribution is -2.32. The molecule has 0 fully saturated rings. The normalized spacial score (nSPS) is 15.6. The highest BCUT2D eigenvalue weighted by atomic mass is 32.1. The molecular formula is C13H19N5S. The van der Waals surface area contributed by atoms with Crippen molar-refractivity contribution < 1.29 is 0 Å². The van der Waals surface area contributed by atoms with Crippen LogP contribution in [0.5, 0.6) is 0 Å². The highest BCUT2D eigenvalue weighted by molar-refractivity contribution is 7.10. The predicted molar refractivity (Wildman–Crippen MR) is 76.1 cm³/mol. The number of thiophene rings is 1. The molecule has 102 valence electrons. The van der Waals surface area contributed by atoms with Gasteiger partial charge in [-0.25, -0.2) is 0 Å². The standard InChI is InChI=1S/C13H19N5S/c1-14-8-12-10-18(16-15-12)6-5-17-4-2-13-11(9-17)3-7-19-13/h3,7,10,14H,2,4-6,8-9H2,1H3. The number of nitrogens with one attached hydrogen (secondary N) is 1. The maximum atomic E-state index is 4.16. The van der Waals surface area contributed by atoms with Gasteiger partial charge in [0.2, 0.25) is 0 Å². The van der Waals surface area contributed by atoms with Crippen LogP contribution in [0.2, 0.25) is 0 Å². The fraction of sp³-hybridized carbons (Fsp3) is 0.538. The Morgan fingerprint density at radius 3 is 3.26 bits per heavy atom. The topological polar surface area (TPSA) is 46.0 Å². The zero-order valence-corrected chi connectivity index (χ0v) is 12.0. The molecule has 0 radical (unpaired) electrons. The van der Waals surface area contributed by atoms with Gasteiger partial charge in [-0.05, 0) is 30.5 Å². The summed E-state index contributed by atoms with van der Waals surface area (Å²) in [5, 5.41) is 13.6. The van der Waals surface area contributed by atoms with Crippen molar-refractivity contribution in [3.8, 4) is 0 Å². The molecule has 0 aliphatic carbocycles. The average molecular weight is 277 g/mol. The fourth-order valence-electron chi connectivity index (χ4n) is 2.45. The van der Waals surface area contributed by atoms with Crippen molar-refractivity contribution >= 4 is 11.3 Å². The summed E-state index contributed by atoms with van der Waals surface area (Å²) in [4.78, 5) is 4.06. The molecule has 1 N–H and O–H groups in total. The number of hydrogen-bond acceptors (Lipinski definition) is 5. The maximum absolute atomic E-state index is 4.16. The molecule has 1 aliphatic rings. The van der Waals surface area contributed by atoms with Gasteiger partial charge in [0.05, 0.1) is 12.2 Å². The van der Waals surface area contributed by atoms with E-state index in [0.717, 1.165) is 38.4 Å². The van der Waals surface area contributed by atoms with E-state index in [1.54, 1.807) is 4.88 Å². The molecule has 1 aliphatic heterocycles. The van der Waals surface area contributed by atoms with Crippen molar-refractivity contribution in [2.75, 3.05) is 20.1 Å². The number of aromatic nitrogens is 3. The SMILES string of the molecule is CNCc1cn(CCN2CCc3sccc3C2)nn1. The second-order valence-corrected chi connectivity index (χ2v) is 5.90. The number of nitrogens with zero attached hydrogens (tertiary/aromatic N) is 4. The molecule has 0 unspecified atom stereocenters. The molecule has 0 atom stereocenters. The van der Waals surface area contributed by atoms with E-state index in [1.165, 1.54) is 12.0 Å². The van der Waals surface area contributed by atoms with Gasteiger partial charge in [0.15, 0.2) is 0 Å². The molecule has 6 heteroatoms. The highest BCUT2D eigenvalue weighted by Gasteiger charge is 2.16. The van der Waals surface area contributed by atoms with E-state index < -0.39 is 0 Å². The van der Waals surface area contributed by atoms with Crippen molar-refractivity contribution in [3.05, 3.63) is 33.8 Å². The summed E-state index contributed by atoms with van der Waals surface area (Å²) in [6, 6.07) is 2.26. The molecule has 3 heterocycles. The van der Waals surface area contributed by atoms with Crippen LogP contribution in [-0.4, -0.2) is 40.0 Å². The Labute approximate surface area is 117 Å². The van der Waals surface area contributed by atoms with Crippen LogP contribution in [0.25, 0.3) is 0 Å². The third-order valence-electron chi connectivity index (χ3n) is 3.48. The van der Waals surface area contributed by atoms with Crippen LogP contribution in [-0.2, 0) is 26.1 Å². The van der Waals surface area contributed by atoms with E-state index in [9.17, 15) is 0 Å². The number of rotatable bonds is 5. The van der Waals surface area contributed by atoms with Gasteiger partial charge < -0.3 is 5.32 Å². The lowest BCUT2D eigenvalue weighted by molar-refractivity contribution is 0.241. The van der Waals surface area contributed by atoms with Crippen molar-refractivity contribution in [1.29, 1.82) is 0 Å². The summed E-state index contributed by atoms with van der Waals surface area (Å²) < 4.78 is 1.94. The fourth-order valence-corrected chi connectivity index (χ4v) is 3.34. The molecule has 0 saturated carbocycles. The van der Waals surface area contributed by atoms with Crippen LogP contribution in [0, 0.1) is 0 Å². The van der Waals surface area contributed by atoms with Gasteiger partial charge in [-0.15, -0.1) is 16.4 Å². The van der Waals surface area contributed by atoms with Gasteiger partial charge in [-0.2, -0.15) is 0 Å². The zero-order chi connectivity index (χ0) is 13.1. The van der Waals surface area contributed by atoms with Crippen LogP contribution in [0.15, 0.2) is 17.6 Å². The van der Waals surface area contributed by atoms with Crippen molar-refractivity contribution in [1.82, 2.24) is 25.2 Å². The van der Waals surface area contributed by atoms with Gasteiger partial charge in [0.1, 0.15) is 0 Å². The highest BCUT2D eigenvalue weighted by Crippen LogP contribution is 2.23. The Morgan fingerprint density at radius 2 is 2.37 bits per heavy atom. The third kappa shape index (κ3) is 3.02. The van der Waals surface area contributed by atoms with Crippen molar-refractivity contribution in [3.63, 3.8) is 0 Å². The minimum Gasteiger partial charge on any atom is -0.314 e. The Hall–Kier alpha value is -1.24. The smallest absolute Gasteiger partial charge is 0.0964 e. The molecule has 3 rings (SSSR count). The molecule has 2 aromatic heterocycles. The molecule has 0 amide bonds. The summed E-state index contributed by atoms with van der Waals surface area (Å²) in [6.45, 7) is 4.97. The predicted octanol–water partition coefficient (Wildman–Crippen LogP) is 1.12. The van der Waals surface area contributed by atoms with Crippen LogP contribution in [0.1, 0.15) is 16.1 Å².